The molecule has 0 amide bonds. The molecule has 2 nitrogen and oxygen atoms in total. The maximum Gasteiger partial charge on any atom is 0.528 e. The van der Waals surface area contributed by atoms with Gasteiger partial charge in [-0.3, -0.25) is 0 Å². The minimum absolute atomic E-state index is 0.278. The Morgan fingerprint density at radius 3 is 1.80 bits per heavy atom. The number of isocyanates is 1. The van der Waals surface area contributed by atoms with Gasteiger partial charge in [0.2, 0.25) is 0 Å². The van der Waals surface area contributed by atoms with Crippen LogP contribution in [-0.2, 0) is 4.79 Å². The zero-order chi connectivity index (χ0) is 4.28. The fourth-order valence-electron chi connectivity index (χ4n) is 0. The predicted octanol–water partition coefficient (Wildman–Crippen LogP) is 0.104. The van der Waals surface area contributed by atoms with Gasteiger partial charge in [-0.15, -0.1) is 0 Å². The molecule has 0 aromatic carbocycles. The summed E-state index contributed by atoms with van der Waals surface area (Å²) >= 11 is 0. The number of rotatable bonds is 0. The van der Waals surface area contributed by atoms with E-state index < -0.39 is 5.02 Å². The van der Waals surface area contributed by atoms with Gasteiger partial charge in [-0.2, -0.15) is 4.79 Å². The van der Waals surface area contributed by atoms with Gasteiger partial charge in [-0.25, -0.2) is 0 Å². The second-order valence-electron chi connectivity index (χ2n) is 0.324. The zero-order valence-electron chi connectivity index (χ0n) is 2.11. The smallest absolute Gasteiger partial charge is 0.153 e. The standard InChI is InChI=1S/CF2NO/c2-4(3)1-5/q+1. The monoisotopic (exact) mass is 80.0 g/mol. The first-order valence-electron chi connectivity index (χ1n) is 0.766. The van der Waals surface area contributed by atoms with Crippen molar-refractivity contribution in [3.8, 4) is 0 Å². The van der Waals surface area contributed by atoms with E-state index in [1.54, 1.807) is 0 Å². The minimum Gasteiger partial charge on any atom is -0.153 e. The molecule has 0 saturated carbocycles. The van der Waals surface area contributed by atoms with Gasteiger partial charge in [0.1, 0.15) is 0 Å². The average Bonchev–Trinajstić information content (AvgIpc) is 1.38. The number of hydrogen-bond donors (Lipinski definition) is 0. The first-order valence-corrected chi connectivity index (χ1v) is 0.766. The molecule has 5 heavy (non-hydrogen) atoms. The van der Waals surface area contributed by atoms with Crippen molar-refractivity contribution >= 4 is 6.08 Å². The van der Waals surface area contributed by atoms with Crippen LogP contribution in [-0.4, -0.2) is 11.1 Å². The Morgan fingerprint density at radius 2 is 1.80 bits per heavy atom. The summed E-state index contributed by atoms with van der Waals surface area (Å²) in [6.07, 6.45) is 0.278. The number of halogens is 2. The molecule has 0 atom stereocenters. The molecule has 0 aliphatic carbocycles. The van der Waals surface area contributed by atoms with Crippen LogP contribution < -0.4 is 0 Å². The number of nitrogens with zero attached hydrogens (tertiary/aromatic N) is 1. The highest BCUT2D eigenvalue weighted by atomic mass is 19.4. The normalized spacial score (nSPS) is 6.00. The molecule has 0 radical (unpaired) electrons. The Morgan fingerprint density at radius 1 is 1.60 bits per heavy atom. The largest absolute Gasteiger partial charge is 0.528 e. The average molecular weight is 80.0 g/mol. The second-order valence-corrected chi connectivity index (χ2v) is 0.324. The Hall–Kier alpha value is -0.760. The van der Waals surface area contributed by atoms with Crippen molar-refractivity contribution in [1.82, 2.24) is 0 Å². The molecule has 0 unspecified atom stereocenters. The lowest BCUT2D eigenvalue weighted by Gasteiger charge is -1.35. The second kappa shape index (κ2) is 1.55. The van der Waals surface area contributed by atoms with Crippen molar-refractivity contribution in [3.05, 3.63) is 0 Å². The summed E-state index contributed by atoms with van der Waals surface area (Å²) in [5.74, 6) is 0. The molecule has 0 N–H and O–H groups in total. The van der Waals surface area contributed by atoms with Crippen LogP contribution in [0.3, 0.4) is 0 Å². The van der Waals surface area contributed by atoms with Crippen molar-refractivity contribution in [1.29, 1.82) is 0 Å². The molecule has 28 valence electrons. The van der Waals surface area contributed by atoms with E-state index >= 15 is 0 Å². The van der Waals surface area contributed by atoms with Crippen LogP contribution in [0.2, 0.25) is 0 Å². The van der Waals surface area contributed by atoms with Gasteiger partial charge in [0.15, 0.2) is 8.96 Å². The Bertz CT molecular complexity index is 69.7. The van der Waals surface area contributed by atoms with Gasteiger partial charge in [-0.1, -0.05) is 0 Å². The third-order valence-corrected chi connectivity index (χ3v) is 0.0690. The first-order chi connectivity index (χ1) is 2.27. The van der Waals surface area contributed by atoms with Crippen molar-refractivity contribution < 1.29 is 18.8 Å². The molecule has 0 aliphatic rings. The lowest BCUT2D eigenvalue weighted by atomic mass is 11.7. The molecule has 0 aromatic heterocycles. The maximum atomic E-state index is 10.2. The quantitative estimate of drug-likeness (QED) is 0.229. The van der Waals surface area contributed by atoms with E-state index in [2.05, 4.69) is 0 Å². The van der Waals surface area contributed by atoms with Crippen molar-refractivity contribution in [2.24, 2.45) is 0 Å². The highest BCUT2D eigenvalue weighted by Gasteiger charge is 1.90. The van der Waals surface area contributed by atoms with Crippen LogP contribution in [0.1, 0.15) is 0 Å². The molecule has 4 heteroatoms. The van der Waals surface area contributed by atoms with Crippen LogP contribution in [0, 0.1) is 0 Å². The van der Waals surface area contributed by atoms with E-state index in [1.807, 2.05) is 0 Å². The third kappa shape index (κ3) is 3.24. The van der Waals surface area contributed by atoms with E-state index in [0.29, 0.717) is 0 Å². The Kier molecular flexibility index (Phi) is 1.31. The van der Waals surface area contributed by atoms with Crippen molar-refractivity contribution in [3.63, 3.8) is 0 Å². The van der Waals surface area contributed by atoms with Gasteiger partial charge in [0, 0.05) is 0 Å². The molecular formula is CF2NO+. The fourth-order valence-corrected chi connectivity index (χ4v) is 0. The number of carbonyl (C=O) groups excluding carboxylic acids is 1. The minimum atomic E-state index is -1.68. The van der Waals surface area contributed by atoms with Crippen LogP contribution in [0.25, 0.3) is 0 Å². The topological polar surface area (TPSA) is 20.1 Å². The summed E-state index contributed by atoms with van der Waals surface area (Å²) in [5.41, 5.74) is 0. The zero-order valence-corrected chi connectivity index (χ0v) is 2.11. The summed E-state index contributed by atoms with van der Waals surface area (Å²) in [6, 6.07) is 0. The Labute approximate surface area is 26.2 Å². The van der Waals surface area contributed by atoms with E-state index in [9.17, 15) is 8.96 Å². The van der Waals surface area contributed by atoms with E-state index in [-0.39, 0.29) is 6.08 Å². The van der Waals surface area contributed by atoms with Gasteiger partial charge in [0.05, 0.1) is 0 Å². The number of hydrogen-bond acceptors (Lipinski definition) is 1. The molecular weight excluding hydrogens is 80.0 g/mol. The fraction of sp³-hybridized carbons (Fsp3) is 0. The molecule has 0 fully saturated rings. The van der Waals surface area contributed by atoms with Crippen LogP contribution >= 0.6 is 0 Å². The van der Waals surface area contributed by atoms with Gasteiger partial charge in [-0.05, 0) is 0 Å². The molecule has 0 heterocycles. The molecule has 0 aliphatic heterocycles. The van der Waals surface area contributed by atoms with E-state index in [0.717, 1.165) is 0 Å². The molecule has 0 rings (SSSR count). The summed E-state index contributed by atoms with van der Waals surface area (Å²) in [7, 11) is 0. The van der Waals surface area contributed by atoms with Crippen molar-refractivity contribution in [2.45, 2.75) is 0 Å². The molecule has 0 bridgehead atoms. The highest BCUT2D eigenvalue weighted by Crippen LogP contribution is 1.63. The van der Waals surface area contributed by atoms with E-state index in [4.69, 9.17) is 4.79 Å². The van der Waals surface area contributed by atoms with Gasteiger partial charge >= 0.3 is 11.1 Å². The highest BCUT2D eigenvalue weighted by molar-refractivity contribution is 5.23. The van der Waals surface area contributed by atoms with Crippen molar-refractivity contribution in [2.75, 3.05) is 0 Å². The first kappa shape index (κ1) is 4.24. The summed E-state index contributed by atoms with van der Waals surface area (Å²) in [5, 5.41) is -1.68. The summed E-state index contributed by atoms with van der Waals surface area (Å²) in [4.78, 5) is 8.56. The lowest BCUT2D eigenvalue weighted by molar-refractivity contribution is -0.850. The maximum absolute atomic E-state index is 10.2. The SMILES string of the molecule is O=C=[N+](F)F. The molecule has 0 spiro atoms. The van der Waals surface area contributed by atoms with Gasteiger partial charge < -0.3 is 0 Å². The lowest BCUT2D eigenvalue weighted by Crippen LogP contribution is -1.72. The molecule has 0 aromatic rings. The van der Waals surface area contributed by atoms with Crippen LogP contribution in [0.5, 0.6) is 0 Å². The van der Waals surface area contributed by atoms with Gasteiger partial charge in [0.25, 0.3) is 0 Å². The van der Waals surface area contributed by atoms with Crippen LogP contribution in [0.15, 0.2) is 0 Å². The third-order valence-electron chi connectivity index (χ3n) is 0.0690. The Balaban J connectivity index is 3.60. The summed E-state index contributed by atoms with van der Waals surface area (Å²) < 4.78 is 20.3. The van der Waals surface area contributed by atoms with Crippen LogP contribution in [0.4, 0.5) is 8.96 Å². The summed E-state index contributed by atoms with van der Waals surface area (Å²) in [6.45, 7) is 0. The predicted molar refractivity (Wildman–Crippen MR) is 8.17 cm³/mol. The molecule has 0 saturated heterocycles. The van der Waals surface area contributed by atoms with E-state index in [1.165, 1.54) is 0 Å².